The number of aliphatic hydroxyl groups is 1. The Bertz CT molecular complexity index is 900. The maximum Gasteiger partial charge on any atom is 0.340 e. The van der Waals surface area contributed by atoms with Gasteiger partial charge in [-0.15, -0.1) is 0 Å². The third-order valence-electron chi connectivity index (χ3n) is 4.58. The third-order valence-corrected chi connectivity index (χ3v) is 4.58. The van der Waals surface area contributed by atoms with E-state index in [1.807, 2.05) is 55.5 Å². The molecule has 0 aliphatic carbocycles. The Kier molecular flexibility index (Phi) is 4.11. The van der Waals surface area contributed by atoms with Crippen LogP contribution < -0.4 is 0 Å². The molecule has 2 atom stereocenters. The standard InChI is InChI=1S/C21H18O5/c1-14-6-5-9-16(12-14)21(23)17(13-15-7-3-2-4-8-15)19(20(22)25-21)18-10-11-24-26-18/h2-12,18,23H,13H2,1H3. The van der Waals surface area contributed by atoms with E-state index >= 15 is 0 Å². The average molecular weight is 350 g/mol. The van der Waals surface area contributed by atoms with Crippen molar-refractivity contribution in [3.8, 4) is 0 Å². The minimum Gasteiger partial charge on any atom is -0.421 e. The molecule has 4 rings (SSSR count). The first-order chi connectivity index (χ1) is 12.6. The summed E-state index contributed by atoms with van der Waals surface area (Å²) < 4.78 is 5.47. The number of hydrogen-bond donors (Lipinski definition) is 1. The van der Waals surface area contributed by atoms with Crippen LogP contribution in [0.3, 0.4) is 0 Å². The van der Waals surface area contributed by atoms with Gasteiger partial charge in [0.15, 0.2) is 6.10 Å². The SMILES string of the molecule is Cc1cccc(C2(O)OC(=O)C(C3C=COO3)=C2Cc2ccccc2)c1. The quantitative estimate of drug-likeness (QED) is 0.678. The van der Waals surface area contributed by atoms with Gasteiger partial charge in [0.1, 0.15) is 6.26 Å². The van der Waals surface area contributed by atoms with Gasteiger partial charge in [-0.25, -0.2) is 4.79 Å². The van der Waals surface area contributed by atoms with Crippen LogP contribution in [0.5, 0.6) is 0 Å². The summed E-state index contributed by atoms with van der Waals surface area (Å²) in [6.07, 6.45) is 2.62. The molecular formula is C21H18O5. The van der Waals surface area contributed by atoms with Crippen molar-refractivity contribution in [3.63, 3.8) is 0 Å². The predicted octanol–water partition coefficient (Wildman–Crippen LogP) is 3.08. The van der Waals surface area contributed by atoms with Gasteiger partial charge in [-0.2, -0.15) is 4.89 Å². The van der Waals surface area contributed by atoms with Crippen LogP contribution in [-0.2, 0) is 31.5 Å². The average Bonchev–Trinajstić information content (AvgIpc) is 3.23. The van der Waals surface area contributed by atoms with Crippen molar-refractivity contribution in [3.05, 3.63) is 94.8 Å². The van der Waals surface area contributed by atoms with E-state index in [9.17, 15) is 9.90 Å². The van der Waals surface area contributed by atoms with Crippen molar-refractivity contribution in [1.29, 1.82) is 0 Å². The van der Waals surface area contributed by atoms with Crippen molar-refractivity contribution < 1.29 is 24.4 Å². The highest BCUT2D eigenvalue weighted by Gasteiger charge is 2.50. The minimum absolute atomic E-state index is 0.270. The van der Waals surface area contributed by atoms with Crippen LogP contribution >= 0.6 is 0 Å². The normalized spacial score (nSPS) is 24.7. The first-order valence-electron chi connectivity index (χ1n) is 8.37. The lowest BCUT2D eigenvalue weighted by Gasteiger charge is -2.26. The van der Waals surface area contributed by atoms with E-state index in [2.05, 4.69) is 0 Å². The molecule has 26 heavy (non-hydrogen) atoms. The molecule has 0 radical (unpaired) electrons. The van der Waals surface area contributed by atoms with Crippen LogP contribution in [-0.4, -0.2) is 17.2 Å². The van der Waals surface area contributed by atoms with E-state index in [0.717, 1.165) is 11.1 Å². The highest BCUT2D eigenvalue weighted by Crippen LogP contribution is 2.43. The Balaban J connectivity index is 1.85. The Morgan fingerprint density at radius 2 is 1.92 bits per heavy atom. The summed E-state index contributed by atoms with van der Waals surface area (Å²) in [5.74, 6) is -2.45. The van der Waals surface area contributed by atoms with E-state index in [1.54, 1.807) is 12.1 Å². The molecule has 2 aliphatic heterocycles. The first-order valence-corrected chi connectivity index (χ1v) is 8.37. The maximum atomic E-state index is 12.6. The summed E-state index contributed by atoms with van der Waals surface area (Å²) in [4.78, 5) is 22.6. The van der Waals surface area contributed by atoms with Crippen LogP contribution in [0.25, 0.3) is 0 Å². The molecule has 2 aromatic carbocycles. The van der Waals surface area contributed by atoms with Crippen LogP contribution in [0, 0.1) is 6.92 Å². The van der Waals surface area contributed by atoms with Crippen LogP contribution in [0.4, 0.5) is 0 Å². The zero-order valence-electron chi connectivity index (χ0n) is 14.2. The molecule has 0 spiro atoms. The molecule has 0 aromatic heterocycles. The fraction of sp³-hybridized carbons (Fsp3) is 0.190. The van der Waals surface area contributed by atoms with Gasteiger partial charge in [-0.3, -0.25) is 0 Å². The van der Waals surface area contributed by atoms with Crippen molar-refractivity contribution in [2.75, 3.05) is 0 Å². The monoisotopic (exact) mass is 350 g/mol. The van der Waals surface area contributed by atoms with Gasteiger partial charge in [0.25, 0.3) is 5.79 Å². The summed E-state index contributed by atoms with van der Waals surface area (Å²) in [6, 6.07) is 16.9. The molecule has 1 N–H and O–H groups in total. The number of hydrogen-bond acceptors (Lipinski definition) is 5. The highest BCUT2D eigenvalue weighted by molar-refractivity contribution is 5.94. The smallest absolute Gasteiger partial charge is 0.340 e. The van der Waals surface area contributed by atoms with Gasteiger partial charge in [-0.1, -0.05) is 54.1 Å². The number of aryl methyl sites for hydroxylation is 1. The van der Waals surface area contributed by atoms with Gasteiger partial charge in [0, 0.05) is 17.6 Å². The fourth-order valence-corrected chi connectivity index (χ4v) is 3.32. The molecule has 2 aliphatic rings. The lowest BCUT2D eigenvalue weighted by Crippen LogP contribution is -2.30. The molecule has 5 heteroatoms. The second-order valence-corrected chi connectivity index (χ2v) is 6.40. The minimum atomic E-state index is -1.84. The van der Waals surface area contributed by atoms with Gasteiger partial charge in [0.05, 0.1) is 5.57 Å². The Hall–Kier alpha value is -2.89. The van der Waals surface area contributed by atoms with Crippen LogP contribution in [0.1, 0.15) is 16.7 Å². The number of esters is 1. The molecular weight excluding hydrogens is 332 g/mol. The number of carbonyl (C=O) groups excluding carboxylic acids is 1. The molecule has 0 amide bonds. The van der Waals surface area contributed by atoms with Crippen LogP contribution in [0.15, 0.2) is 78.1 Å². The Morgan fingerprint density at radius 1 is 1.12 bits per heavy atom. The second-order valence-electron chi connectivity index (χ2n) is 6.40. The third kappa shape index (κ3) is 2.81. The number of ether oxygens (including phenoxy) is 1. The number of carbonyl (C=O) groups is 1. The Labute approximate surface area is 151 Å². The molecule has 0 saturated heterocycles. The number of cyclic esters (lactones) is 1. The van der Waals surface area contributed by atoms with E-state index in [1.165, 1.54) is 6.26 Å². The van der Waals surface area contributed by atoms with Crippen molar-refractivity contribution in [2.24, 2.45) is 0 Å². The fourth-order valence-electron chi connectivity index (χ4n) is 3.32. The van der Waals surface area contributed by atoms with Crippen molar-refractivity contribution >= 4 is 5.97 Å². The molecule has 132 valence electrons. The lowest BCUT2D eigenvalue weighted by molar-refractivity contribution is -0.244. The molecule has 2 heterocycles. The van der Waals surface area contributed by atoms with Crippen molar-refractivity contribution in [2.45, 2.75) is 25.2 Å². The summed E-state index contributed by atoms with van der Waals surface area (Å²) in [7, 11) is 0. The lowest BCUT2D eigenvalue weighted by atomic mass is 9.88. The summed E-state index contributed by atoms with van der Waals surface area (Å²) in [5.41, 5.74) is 3.15. The van der Waals surface area contributed by atoms with E-state index < -0.39 is 17.9 Å². The molecule has 0 saturated carbocycles. The topological polar surface area (TPSA) is 65.0 Å². The van der Waals surface area contributed by atoms with E-state index in [4.69, 9.17) is 14.5 Å². The highest BCUT2D eigenvalue weighted by atomic mass is 17.2. The summed E-state index contributed by atoms with van der Waals surface area (Å²) in [6.45, 7) is 1.92. The number of benzene rings is 2. The van der Waals surface area contributed by atoms with Gasteiger partial charge >= 0.3 is 5.97 Å². The molecule has 0 bridgehead atoms. The number of rotatable bonds is 4. The van der Waals surface area contributed by atoms with Gasteiger partial charge < -0.3 is 14.7 Å². The van der Waals surface area contributed by atoms with Crippen LogP contribution in [0.2, 0.25) is 0 Å². The molecule has 2 unspecified atom stereocenters. The van der Waals surface area contributed by atoms with Gasteiger partial charge in [0.2, 0.25) is 0 Å². The summed E-state index contributed by atoms with van der Waals surface area (Å²) in [5, 5.41) is 11.4. The van der Waals surface area contributed by atoms with E-state index in [-0.39, 0.29) is 5.57 Å². The maximum absolute atomic E-state index is 12.6. The second kappa shape index (κ2) is 6.44. The molecule has 5 nitrogen and oxygen atoms in total. The van der Waals surface area contributed by atoms with Gasteiger partial charge in [-0.05, 0) is 24.6 Å². The first kappa shape index (κ1) is 16.6. The molecule has 0 fully saturated rings. The largest absolute Gasteiger partial charge is 0.421 e. The molecule has 2 aromatic rings. The zero-order valence-corrected chi connectivity index (χ0v) is 14.2. The predicted molar refractivity (Wildman–Crippen MR) is 93.4 cm³/mol. The van der Waals surface area contributed by atoms with E-state index in [0.29, 0.717) is 17.6 Å². The van der Waals surface area contributed by atoms with Crippen molar-refractivity contribution in [1.82, 2.24) is 0 Å². The summed E-state index contributed by atoms with van der Waals surface area (Å²) >= 11 is 0. The Morgan fingerprint density at radius 3 is 2.62 bits per heavy atom. The zero-order chi connectivity index (χ0) is 18.1.